The van der Waals surface area contributed by atoms with E-state index in [2.05, 4.69) is 14.4 Å². The summed E-state index contributed by atoms with van der Waals surface area (Å²) >= 11 is -1.68. The number of nitrogens with zero attached hydrogens (tertiary/aromatic N) is 2. The molecule has 12 heteroatoms. The highest BCUT2D eigenvalue weighted by molar-refractivity contribution is 7.84. The van der Waals surface area contributed by atoms with Crippen LogP contribution in [0.1, 0.15) is 24.1 Å². The smallest absolute Gasteiger partial charge is 0.416 e. The quantitative estimate of drug-likeness (QED) is 0.547. The summed E-state index contributed by atoms with van der Waals surface area (Å²) < 4.78 is 61.9. The number of anilines is 1. The van der Waals surface area contributed by atoms with Crippen LogP contribution in [0.2, 0.25) is 0 Å². The van der Waals surface area contributed by atoms with Crippen molar-refractivity contribution >= 4 is 23.0 Å². The van der Waals surface area contributed by atoms with E-state index in [0.29, 0.717) is 0 Å². The Morgan fingerprint density at radius 2 is 2.12 bits per heavy atom. The number of halogens is 2. The SMILES string of the molecule is CNS(=O)Nc1cccc(CN2C(=O)Oc3cc(Oc4ncco4)cc(F)c3C2C)c1F. The van der Waals surface area contributed by atoms with E-state index in [1.165, 1.54) is 42.6 Å². The van der Waals surface area contributed by atoms with Crippen LogP contribution in [0.5, 0.6) is 17.6 Å². The number of ether oxygens (including phenoxy) is 2. The average molecular weight is 464 g/mol. The maximum absolute atomic E-state index is 14.9. The number of oxazole rings is 1. The van der Waals surface area contributed by atoms with Gasteiger partial charge in [-0.25, -0.2) is 22.5 Å². The fourth-order valence-electron chi connectivity index (χ4n) is 3.26. The largest absolute Gasteiger partial charge is 0.417 e. The van der Waals surface area contributed by atoms with Crippen LogP contribution in [0, 0.1) is 11.6 Å². The van der Waals surface area contributed by atoms with Crippen LogP contribution in [0.4, 0.5) is 19.3 Å². The lowest BCUT2D eigenvalue weighted by Crippen LogP contribution is -2.40. The third-order valence-corrected chi connectivity index (χ3v) is 5.58. The normalized spacial score (nSPS) is 16.3. The Morgan fingerprint density at radius 1 is 1.31 bits per heavy atom. The van der Waals surface area contributed by atoms with Crippen molar-refractivity contribution < 1.29 is 31.7 Å². The third kappa shape index (κ3) is 4.27. The Labute approximate surface area is 184 Å². The fourth-order valence-corrected chi connectivity index (χ4v) is 3.72. The first kappa shape index (κ1) is 21.7. The van der Waals surface area contributed by atoms with Crippen LogP contribution in [0.3, 0.4) is 0 Å². The molecule has 9 nitrogen and oxygen atoms in total. The molecule has 2 heterocycles. The molecule has 1 aromatic heterocycles. The molecular weight excluding hydrogens is 446 g/mol. The van der Waals surface area contributed by atoms with E-state index in [9.17, 15) is 17.8 Å². The number of benzene rings is 2. The lowest BCUT2D eigenvalue weighted by molar-refractivity contribution is 0.114. The van der Waals surface area contributed by atoms with E-state index in [-0.39, 0.29) is 40.9 Å². The van der Waals surface area contributed by atoms with E-state index in [0.717, 1.165) is 6.07 Å². The number of rotatable bonds is 7. The highest BCUT2D eigenvalue weighted by Crippen LogP contribution is 2.40. The predicted molar refractivity (Wildman–Crippen MR) is 110 cm³/mol. The van der Waals surface area contributed by atoms with Crippen molar-refractivity contribution in [3.8, 4) is 17.6 Å². The minimum atomic E-state index is -1.68. The third-order valence-electron chi connectivity index (χ3n) is 4.80. The van der Waals surface area contributed by atoms with E-state index < -0.39 is 34.9 Å². The van der Waals surface area contributed by atoms with E-state index in [1.807, 2.05) is 0 Å². The van der Waals surface area contributed by atoms with Gasteiger partial charge in [0, 0.05) is 17.7 Å². The van der Waals surface area contributed by atoms with Crippen molar-refractivity contribution in [1.29, 1.82) is 0 Å². The molecular formula is C20H18F2N4O5S. The summed E-state index contributed by atoms with van der Waals surface area (Å²) in [6.07, 6.45) is 1.78. The Bertz CT molecular complexity index is 1180. The standard InChI is InChI=1S/C20H18F2N4O5S/c1-11-17-14(21)8-13(30-19-24-6-7-29-19)9-16(17)31-20(27)26(11)10-12-4-3-5-15(18(12)22)25-32(28)23-2/h3-9,11,23,25H,10H2,1-2H3. The summed E-state index contributed by atoms with van der Waals surface area (Å²) in [7, 11) is 1.45. The van der Waals surface area contributed by atoms with Gasteiger partial charge in [0.25, 0.3) is 0 Å². The summed E-state index contributed by atoms with van der Waals surface area (Å²) in [6, 6.07) is 6.15. The number of aromatic nitrogens is 1. The molecule has 1 aliphatic heterocycles. The van der Waals surface area contributed by atoms with Crippen molar-refractivity contribution in [2.75, 3.05) is 11.8 Å². The lowest BCUT2D eigenvalue weighted by atomic mass is 10.0. The van der Waals surface area contributed by atoms with Gasteiger partial charge in [-0.2, -0.15) is 4.98 Å². The molecule has 168 valence electrons. The highest BCUT2D eigenvalue weighted by Gasteiger charge is 2.35. The number of amides is 1. The molecule has 0 radical (unpaired) electrons. The van der Waals surface area contributed by atoms with Crippen molar-refractivity contribution in [2.45, 2.75) is 19.5 Å². The molecule has 2 atom stereocenters. The monoisotopic (exact) mass is 464 g/mol. The second kappa shape index (κ2) is 8.93. The van der Waals surface area contributed by atoms with Crippen LogP contribution < -0.4 is 18.9 Å². The first-order valence-electron chi connectivity index (χ1n) is 9.39. The Morgan fingerprint density at radius 3 is 2.84 bits per heavy atom. The van der Waals surface area contributed by atoms with Crippen LogP contribution in [-0.2, 0) is 17.7 Å². The molecule has 3 aromatic rings. The van der Waals surface area contributed by atoms with Gasteiger partial charge in [-0.1, -0.05) is 12.1 Å². The van der Waals surface area contributed by atoms with Gasteiger partial charge < -0.3 is 13.9 Å². The van der Waals surface area contributed by atoms with Gasteiger partial charge in [-0.05, 0) is 20.0 Å². The van der Waals surface area contributed by atoms with Crippen molar-refractivity contribution in [3.63, 3.8) is 0 Å². The molecule has 2 aromatic carbocycles. The maximum atomic E-state index is 14.9. The van der Waals surface area contributed by atoms with Crippen LogP contribution in [0.15, 0.2) is 47.2 Å². The minimum Gasteiger partial charge on any atom is -0.417 e. The van der Waals surface area contributed by atoms with Crippen molar-refractivity contribution in [3.05, 3.63) is 65.6 Å². The highest BCUT2D eigenvalue weighted by atomic mass is 32.2. The molecule has 1 aliphatic rings. The second-order valence-corrected chi connectivity index (χ2v) is 7.89. The topological polar surface area (TPSA) is 106 Å². The average Bonchev–Trinajstić information content (AvgIpc) is 3.26. The van der Waals surface area contributed by atoms with Gasteiger partial charge in [-0.3, -0.25) is 9.62 Å². The molecule has 32 heavy (non-hydrogen) atoms. The van der Waals surface area contributed by atoms with E-state index in [1.54, 1.807) is 13.0 Å². The van der Waals surface area contributed by atoms with Gasteiger partial charge in [0.05, 0.1) is 30.0 Å². The molecule has 2 unspecified atom stereocenters. The molecule has 0 bridgehead atoms. The summed E-state index contributed by atoms with van der Waals surface area (Å²) in [4.78, 5) is 17.6. The zero-order chi connectivity index (χ0) is 22.8. The molecule has 0 fully saturated rings. The zero-order valence-corrected chi connectivity index (χ0v) is 17.7. The molecule has 0 spiro atoms. The lowest BCUT2D eigenvalue weighted by Gasteiger charge is -2.34. The van der Waals surface area contributed by atoms with E-state index in [4.69, 9.17) is 13.9 Å². The first-order chi connectivity index (χ1) is 15.4. The Balaban J connectivity index is 1.59. The van der Waals surface area contributed by atoms with Crippen molar-refractivity contribution in [2.24, 2.45) is 0 Å². The van der Waals surface area contributed by atoms with Gasteiger partial charge in [-0.15, -0.1) is 0 Å². The number of carbonyl (C=O) groups excluding carboxylic acids is 1. The van der Waals surface area contributed by atoms with Crippen LogP contribution in [0.25, 0.3) is 0 Å². The predicted octanol–water partition coefficient (Wildman–Crippen LogP) is 4.03. The summed E-state index contributed by atoms with van der Waals surface area (Å²) in [5.41, 5.74) is 0.253. The fraction of sp³-hybridized carbons (Fsp3) is 0.200. The zero-order valence-electron chi connectivity index (χ0n) is 16.9. The molecule has 0 saturated heterocycles. The molecule has 0 saturated carbocycles. The Kier molecular flexibility index (Phi) is 6.06. The summed E-state index contributed by atoms with van der Waals surface area (Å²) in [5.74, 6) is -1.33. The maximum Gasteiger partial charge on any atom is 0.416 e. The number of nitrogens with one attached hydrogen (secondary N) is 2. The van der Waals surface area contributed by atoms with Gasteiger partial charge >= 0.3 is 12.2 Å². The van der Waals surface area contributed by atoms with Gasteiger partial charge in [0.2, 0.25) is 0 Å². The number of fused-ring (bicyclic) bond motifs is 1. The minimum absolute atomic E-state index is 0.00637. The molecule has 1 amide bonds. The molecule has 2 N–H and O–H groups in total. The number of hydrogen-bond acceptors (Lipinski definition) is 6. The van der Waals surface area contributed by atoms with Crippen LogP contribution >= 0.6 is 0 Å². The Hall–Kier alpha value is -3.51. The van der Waals surface area contributed by atoms with Gasteiger partial charge in [0.1, 0.15) is 23.6 Å². The summed E-state index contributed by atoms with van der Waals surface area (Å²) in [6.45, 7) is 1.41. The molecule has 0 aliphatic carbocycles. The summed E-state index contributed by atoms with van der Waals surface area (Å²) in [5, 5.41) is 0. The molecule has 4 rings (SSSR count). The second-order valence-electron chi connectivity index (χ2n) is 6.74. The van der Waals surface area contributed by atoms with Gasteiger partial charge in [0.15, 0.2) is 17.0 Å². The first-order valence-corrected chi connectivity index (χ1v) is 10.5. The number of carbonyl (C=O) groups is 1. The number of hydrogen-bond donors (Lipinski definition) is 2. The van der Waals surface area contributed by atoms with Crippen LogP contribution in [-0.4, -0.2) is 27.2 Å². The van der Waals surface area contributed by atoms with E-state index >= 15 is 0 Å². The van der Waals surface area contributed by atoms with Crippen molar-refractivity contribution in [1.82, 2.24) is 14.6 Å².